The van der Waals surface area contributed by atoms with Gasteiger partial charge >= 0.3 is 12.0 Å². The highest BCUT2D eigenvalue weighted by molar-refractivity contribution is 7.99. The number of nitrogens with one attached hydrogen (secondary N) is 2. The fourth-order valence-electron chi connectivity index (χ4n) is 2.51. The van der Waals surface area contributed by atoms with E-state index in [9.17, 15) is 9.59 Å². The predicted molar refractivity (Wildman–Crippen MR) is 94.8 cm³/mol. The first-order valence-corrected chi connectivity index (χ1v) is 9.77. The van der Waals surface area contributed by atoms with Crippen LogP contribution in [0.15, 0.2) is 5.16 Å². The Kier molecular flexibility index (Phi) is 7.25. The third-order valence-electron chi connectivity index (χ3n) is 3.77. The van der Waals surface area contributed by atoms with Crippen molar-refractivity contribution in [3.63, 3.8) is 0 Å². The minimum absolute atomic E-state index is 0.0447. The fraction of sp³-hybridized carbons (Fsp3) is 0.714. The summed E-state index contributed by atoms with van der Waals surface area (Å²) in [6, 6.07) is -0.00222. The molecule has 1 aliphatic rings. The Labute approximate surface area is 149 Å². The van der Waals surface area contributed by atoms with Crippen molar-refractivity contribution in [2.45, 2.75) is 50.4 Å². The SMILES string of the molecule is CCCSc1nsc(NC(=O)NC2CC(N(CC)CC(=O)O)C2)n1. The van der Waals surface area contributed by atoms with Crippen LogP contribution in [0.3, 0.4) is 0 Å². The Bertz CT molecular complexity index is 562. The van der Waals surface area contributed by atoms with Gasteiger partial charge in [0.2, 0.25) is 10.3 Å². The number of carboxylic acid groups (broad SMARTS) is 1. The zero-order valence-electron chi connectivity index (χ0n) is 13.8. The molecule has 1 aromatic heterocycles. The van der Waals surface area contributed by atoms with Crippen molar-refractivity contribution in [3.8, 4) is 0 Å². The molecular formula is C14H23N5O3S2. The lowest BCUT2D eigenvalue weighted by Gasteiger charge is -2.42. The van der Waals surface area contributed by atoms with E-state index in [0.29, 0.717) is 16.8 Å². The molecule has 0 bridgehead atoms. The first-order chi connectivity index (χ1) is 11.5. The monoisotopic (exact) mass is 373 g/mol. The van der Waals surface area contributed by atoms with E-state index in [2.05, 4.69) is 26.9 Å². The van der Waals surface area contributed by atoms with Crippen molar-refractivity contribution >= 4 is 40.4 Å². The van der Waals surface area contributed by atoms with E-state index >= 15 is 0 Å². The Morgan fingerprint density at radius 1 is 1.42 bits per heavy atom. The van der Waals surface area contributed by atoms with Crippen LogP contribution in [-0.2, 0) is 4.79 Å². The second kappa shape index (κ2) is 9.19. The molecule has 2 rings (SSSR count). The van der Waals surface area contributed by atoms with Gasteiger partial charge < -0.3 is 10.4 Å². The van der Waals surface area contributed by atoms with Gasteiger partial charge in [-0.15, -0.1) is 0 Å². The number of carboxylic acids is 1. The second-order valence-electron chi connectivity index (χ2n) is 5.61. The number of carbonyl (C=O) groups excluding carboxylic acids is 1. The topological polar surface area (TPSA) is 107 Å². The number of anilines is 1. The van der Waals surface area contributed by atoms with Crippen molar-refractivity contribution in [1.82, 2.24) is 19.6 Å². The largest absolute Gasteiger partial charge is 0.480 e. The summed E-state index contributed by atoms with van der Waals surface area (Å²) < 4.78 is 4.18. The number of urea groups is 1. The second-order valence-corrected chi connectivity index (χ2v) is 7.42. The molecule has 0 saturated heterocycles. The summed E-state index contributed by atoms with van der Waals surface area (Å²) in [4.78, 5) is 28.9. The van der Waals surface area contributed by atoms with Crippen LogP contribution in [0, 0.1) is 0 Å². The molecule has 0 aromatic carbocycles. The maximum Gasteiger partial charge on any atom is 0.321 e. The third kappa shape index (κ3) is 5.60. The number of hydrogen-bond donors (Lipinski definition) is 3. The van der Waals surface area contributed by atoms with Gasteiger partial charge in [0.1, 0.15) is 0 Å². The van der Waals surface area contributed by atoms with Gasteiger partial charge in [0.15, 0.2) is 0 Å². The van der Waals surface area contributed by atoms with Crippen LogP contribution in [0.1, 0.15) is 33.1 Å². The smallest absolute Gasteiger partial charge is 0.321 e. The van der Waals surface area contributed by atoms with E-state index < -0.39 is 5.97 Å². The molecular weight excluding hydrogens is 350 g/mol. The van der Waals surface area contributed by atoms with Gasteiger partial charge in [-0.2, -0.15) is 9.36 Å². The minimum Gasteiger partial charge on any atom is -0.480 e. The number of nitrogens with zero attached hydrogens (tertiary/aromatic N) is 3. The summed E-state index contributed by atoms with van der Waals surface area (Å²) in [6.45, 7) is 4.77. The Morgan fingerprint density at radius 2 is 2.17 bits per heavy atom. The number of likely N-dealkylation sites (N-methyl/N-ethyl adjacent to an activating group) is 1. The van der Waals surface area contributed by atoms with E-state index in [-0.39, 0.29) is 24.7 Å². The molecule has 0 atom stereocenters. The van der Waals surface area contributed by atoms with E-state index in [0.717, 1.165) is 25.0 Å². The van der Waals surface area contributed by atoms with Crippen molar-refractivity contribution in [2.24, 2.45) is 0 Å². The van der Waals surface area contributed by atoms with Gasteiger partial charge in [-0.05, 0) is 25.8 Å². The maximum absolute atomic E-state index is 12.0. The van der Waals surface area contributed by atoms with E-state index in [1.165, 1.54) is 11.5 Å². The lowest BCUT2D eigenvalue weighted by Crippen LogP contribution is -2.55. The Hall–Kier alpha value is -1.39. The lowest BCUT2D eigenvalue weighted by molar-refractivity contribution is -0.139. The summed E-state index contributed by atoms with van der Waals surface area (Å²) in [6.07, 6.45) is 2.58. The fourth-order valence-corrected chi connectivity index (χ4v) is 3.90. The molecule has 2 amide bonds. The van der Waals surface area contributed by atoms with Crippen molar-refractivity contribution in [2.75, 3.05) is 24.2 Å². The molecule has 24 heavy (non-hydrogen) atoms. The molecule has 1 aromatic rings. The summed E-state index contributed by atoms with van der Waals surface area (Å²) in [5.41, 5.74) is 0. The van der Waals surface area contributed by atoms with Gasteiger partial charge in [-0.25, -0.2) is 4.79 Å². The first-order valence-electron chi connectivity index (χ1n) is 8.01. The summed E-state index contributed by atoms with van der Waals surface area (Å²) in [5, 5.41) is 15.6. The molecule has 134 valence electrons. The number of hydrogen-bond acceptors (Lipinski definition) is 7. The van der Waals surface area contributed by atoms with Gasteiger partial charge in [0.05, 0.1) is 6.54 Å². The Balaban J connectivity index is 1.70. The summed E-state index contributed by atoms with van der Waals surface area (Å²) in [7, 11) is 0. The molecule has 0 radical (unpaired) electrons. The lowest BCUT2D eigenvalue weighted by atomic mass is 9.85. The number of carbonyl (C=O) groups is 2. The van der Waals surface area contributed by atoms with Crippen LogP contribution >= 0.6 is 23.3 Å². The number of aliphatic carboxylic acids is 1. The number of thioether (sulfide) groups is 1. The van der Waals surface area contributed by atoms with Crippen LogP contribution in [0.2, 0.25) is 0 Å². The standard InChI is InChI=1S/C14H23N5O3S2/c1-3-5-23-14-17-13(24-18-14)16-12(22)15-9-6-10(7-9)19(4-2)8-11(20)21/h9-10H,3-8H2,1-2H3,(H,20,21)(H2,15,16,17,18,22). The number of amides is 2. The van der Waals surface area contributed by atoms with Gasteiger partial charge in [0, 0.05) is 29.4 Å². The highest BCUT2D eigenvalue weighted by Crippen LogP contribution is 2.26. The average Bonchev–Trinajstić information content (AvgIpc) is 2.93. The van der Waals surface area contributed by atoms with Crippen molar-refractivity contribution in [1.29, 1.82) is 0 Å². The van der Waals surface area contributed by atoms with E-state index in [4.69, 9.17) is 5.11 Å². The van der Waals surface area contributed by atoms with Crippen LogP contribution in [-0.4, -0.2) is 62.3 Å². The minimum atomic E-state index is -0.820. The molecule has 10 heteroatoms. The average molecular weight is 374 g/mol. The third-order valence-corrected chi connectivity index (χ3v) is 5.57. The molecule has 0 aliphatic heterocycles. The molecule has 0 unspecified atom stereocenters. The molecule has 1 saturated carbocycles. The van der Waals surface area contributed by atoms with E-state index in [1.807, 2.05) is 11.8 Å². The molecule has 1 fully saturated rings. The zero-order chi connectivity index (χ0) is 17.5. The van der Waals surface area contributed by atoms with Crippen molar-refractivity contribution < 1.29 is 14.7 Å². The molecule has 8 nitrogen and oxygen atoms in total. The normalized spacial score (nSPS) is 19.8. The first kappa shape index (κ1) is 18.9. The highest BCUT2D eigenvalue weighted by atomic mass is 32.2. The molecule has 3 N–H and O–H groups in total. The number of aromatic nitrogens is 2. The van der Waals surface area contributed by atoms with Gasteiger partial charge in [-0.3, -0.25) is 15.0 Å². The maximum atomic E-state index is 12.0. The van der Waals surface area contributed by atoms with Gasteiger partial charge in [0.25, 0.3) is 0 Å². The molecule has 0 spiro atoms. The van der Waals surface area contributed by atoms with E-state index in [1.54, 1.807) is 11.8 Å². The predicted octanol–water partition coefficient (Wildman–Crippen LogP) is 2.10. The summed E-state index contributed by atoms with van der Waals surface area (Å²) in [5.74, 6) is 0.134. The van der Waals surface area contributed by atoms with Crippen molar-refractivity contribution in [3.05, 3.63) is 0 Å². The van der Waals surface area contributed by atoms with Crippen LogP contribution in [0.25, 0.3) is 0 Å². The molecule has 1 heterocycles. The zero-order valence-corrected chi connectivity index (χ0v) is 15.5. The highest BCUT2D eigenvalue weighted by Gasteiger charge is 2.34. The van der Waals surface area contributed by atoms with Crippen LogP contribution in [0.5, 0.6) is 0 Å². The number of rotatable bonds is 9. The Morgan fingerprint density at radius 3 is 2.79 bits per heavy atom. The molecule has 1 aliphatic carbocycles. The van der Waals surface area contributed by atoms with Gasteiger partial charge in [-0.1, -0.05) is 25.6 Å². The quantitative estimate of drug-likeness (QED) is 0.569. The summed E-state index contributed by atoms with van der Waals surface area (Å²) >= 11 is 2.74. The van der Waals surface area contributed by atoms with Crippen LogP contribution in [0.4, 0.5) is 9.93 Å². The van der Waals surface area contributed by atoms with Crippen LogP contribution < -0.4 is 10.6 Å².